The van der Waals surface area contributed by atoms with Crippen LogP contribution in [0.2, 0.25) is 5.02 Å². The molecule has 0 aliphatic heterocycles. The first kappa shape index (κ1) is 20.4. The highest BCUT2D eigenvalue weighted by molar-refractivity contribution is 7.91. The Labute approximate surface area is 157 Å². The quantitative estimate of drug-likeness (QED) is 0.684. The van der Waals surface area contributed by atoms with Crippen LogP contribution in [0, 0.1) is 6.92 Å². The van der Waals surface area contributed by atoms with Crippen LogP contribution in [0.5, 0.6) is 0 Å². The fraction of sp³-hybridized carbons (Fsp3) is 0.412. The van der Waals surface area contributed by atoms with Crippen molar-refractivity contribution < 1.29 is 22.4 Å². The van der Waals surface area contributed by atoms with E-state index >= 15 is 0 Å². The van der Waals surface area contributed by atoms with Gasteiger partial charge in [0, 0.05) is 10.6 Å². The first-order chi connectivity index (χ1) is 12.2. The zero-order valence-electron chi connectivity index (χ0n) is 14.8. The lowest BCUT2D eigenvalue weighted by Crippen LogP contribution is -2.33. The Kier molecular flexibility index (Phi) is 6.80. The number of nitrogens with zero attached hydrogens (tertiary/aromatic N) is 1. The van der Waals surface area contributed by atoms with E-state index in [4.69, 9.17) is 20.8 Å². The SMILES string of the molecule is Cc1oc(-c2cccc(Cl)c2)nc1CS(=O)(=O)CC(=O)NCOC(C)C. The minimum Gasteiger partial charge on any atom is -0.441 e. The van der Waals surface area contributed by atoms with Crippen LogP contribution in [-0.2, 0) is 25.1 Å². The Morgan fingerprint density at radius 1 is 1.38 bits per heavy atom. The third kappa shape index (κ3) is 6.12. The van der Waals surface area contributed by atoms with Crippen molar-refractivity contribution in [2.75, 3.05) is 12.5 Å². The molecular weight excluding hydrogens is 380 g/mol. The van der Waals surface area contributed by atoms with Gasteiger partial charge in [0.25, 0.3) is 0 Å². The van der Waals surface area contributed by atoms with Crippen LogP contribution in [0.3, 0.4) is 0 Å². The van der Waals surface area contributed by atoms with Crippen molar-refractivity contribution in [3.05, 3.63) is 40.7 Å². The number of nitrogens with one attached hydrogen (secondary N) is 1. The number of oxazole rings is 1. The van der Waals surface area contributed by atoms with Crippen molar-refractivity contribution in [3.8, 4) is 11.5 Å². The summed E-state index contributed by atoms with van der Waals surface area (Å²) in [7, 11) is -3.70. The summed E-state index contributed by atoms with van der Waals surface area (Å²) in [6.07, 6.45) is -0.0606. The number of hydrogen-bond acceptors (Lipinski definition) is 6. The average Bonchev–Trinajstić information content (AvgIpc) is 2.86. The van der Waals surface area contributed by atoms with Gasteiger partial charge in [-0.05, 0) is 39.0 Å². The summed E-state index contributed by atoms with van der Waals surface area (Å²) in [6.45, 7) is 5.22. The summed E-state index contributed by atoms with van der Waals surface area (Å²) in [5.41, 5.74) is 0.916. The Hall–Kier alpha value is -1.90. The van der Waals surface area contributed by atoms with Crippen LogP contribution < -0.4 is 5.32 Å². The van der Waals surface area contributed by atoms with Gasteiger partial charge in [0.15, 0.2) is 9.84 Å². The molecule has 2 rings (SSSR count). The van der Waals surface area contributed by atoms with Crippen LogP contribution in [0.4, 0.5) is 0 Å². The van der Waals surface area contributed by atoms with Gasteiger partial charge >= 0.3 is 0 Å². The fourth-order valence-electron chi connectivity index (χ4n) is 2.11. The largest absolute Gasteiger partial charge is 0.441 e. The number of aryl methyl sites for hydroxylation is 1. The highest BCUT2D eigenvalue weighted by Crippen LogP contribution is 2.25. The number of carbonyl (C=O) groups is 1. The minimum atomic E-state index is -3.70. The van der Waals surface area contributed by atoms with Crippen molar-refractivity contribution in [1.82, 2.24) is 10.3 Å². The third-order valence-electron chi connectivity index (χ3n) is 3.36. The Morgan fingerprint density at radius 3 is 2.77 bits per heavy atom. The molecule has 0 unspecified atom stereocenters. The third-order valence-corrected chi connectivity index (χ3v) is 5.01. The molecule has 1 aromatic heterocycles. The molecule has 0 bridgehead atoms. The highest BCUT2D eigenvalue weighted by atomic mass is 35.5. The van der Waals surface area contributed by atoms with E-state index in [-0.39, 0.29) is 30.2 Å². The molecule has 0 saturated carbocycles. The van der Waals surface area contributed by atoms with Gasteiger partial charge in [-0.3, -0.25) is 4.79 Å². The van der Waals surface area contributed by atoms with Crippen LogP contribution in [0.15, 0.2) is 28.7 Å². The topological polar surface area (TPSA) is 98.5 Å². The molecule has 2 aromatic rings. The lowest BCUT2D eigenvalue weighted by atomic mass is 10.2. The van der Waals surface area contributed by atoms with Gasteiger partial charge in [-0.15, -0.1) is 0 Å². The van der Waals surface area contributed by atoms with Gasteiger partial charge in [-0.2, -0.15) is 0 Å². The summed E-state index contributed by atoms with van der Waals surface area (Å²) in [5.74, 6) is -0.992. The van der Waals surface area contributed by atoms with E-state index in [1.54, 1.807) is 31.2 Å². The van der Waals surface area contributed by atoms with E-state index in [9.17, 15) is 13.2 Å². The molecular formula is C17H21ClN2O5S. The summed E-state index contributed by atoms with van der Waals surface area (Å²) < 4.78 is 35.2. The first-order valence-corrected chi connectivity index (χ1v) is 10.2. The van der Waals surface area contributed by atoms with Gasteiger partial charge in [0.2, 0.25) is 11.8 Å². The number of amides is 1. The molecule has 1 amide bonds. The fourth-order valence-corrected chi connectivity index (χ4v) is 3.58. The lowest BCUT2D eigenvalue weighted by Gasteiger charge is -2.09. The second kappa shape index (κ2) is 8.66. The van der Waals surface area contributed by atoms with Crippen molar-refractivity contribution in [2.45, 2.75) is 32.6 Å². The van der Waals surface area contributed by atoms with E-state index in [1.807, 2.05) is 13.8 Å². The molecule has 142 valence electrons. The van der Waals surface area contributed by atoms with E-state index in [0.717, 1.165) is 0 Å². The van der Waals surface area contributed by atoms with Crippen molar-refractivity contribution in [2.24, 2.45) is 0 Å². The zero-order valence-corrected chi connectivity index (χ0v) is 16.4. The van der Waals surface area contributed by atoms with Crippen molar-refractivity contribution >= 4 is 27.3 Å². The molecule has 0 aliphatic rings. The molecule has 1 aromatic carbocycles. The lowest BCUT2D eigenvalue weighted by molar-refractivity contribution is -0.120. The number of halogens is 1. The molecule has 0 atom stereocenters. The Morgan fingerprint density at radius 2 is 2.12 bits per heavy atom. The average molecular weight is 401 g/mol. The van der Waals surface area contributed by atoms with E-state index in [1.165, 1.54) is 0 Å². The number of rotatable bonds is 8. The number of ether oxygens (including phenoxy) is 1. The standard InChI is InChI=1S/C17H21ClN2O5S/c1-11(2)24-10-19-16(21)9-26(22,23)8-15-12(3)25-17(20-15)13-5-4-6-14(18)7-13/h4-7,11H,8-10H2,1-3H3,(H,19,21). The Bertz CT molecular complexity index is 877. The summed E-state index contributed by atoms with van der Waals surface area (Å²) >= 11 is 5.95. The van der Waals surface area contributed by atoms with Gasteiger partial charge in [-0.25, -0.2) is 13.4 Å². The maximum absolute atomic E-state index is 12.3. The van der Waals surface area contributed by atoms with Crippen LogP contribution >= 0.6 is 11.6 Å². The second-order valence-electron chi connectivity index (χ2n) is 6.02. The summed E-state index contributed by atoms with van der Waals surface area (Å²) in [5, 5.41) is 2.93. The molecule has 0 saturated heterocycles. The molecule has 0 spiro atoms. The predicted octanol–water partition coefficient (Wildman–Crippen LogP) is 2.72. The maximum Gasteiger partial charge on any atom is 0.236 e. The van der Waals surface area contributed by atoms with Gasteiger partial charge in [-0.1, -0.05) is 17.7 Å². The smallest absolute Gasteiger partial charge is 0.236 e. The Balaban J connectivity index is 2.04. The number of carbonyl (C=O) groups excluding carboxylic acids is 1. The number of sulfone groups is 1. The maximum atomic E-state index is 12.3. The highest BCUT2D eigenvalue weighted by Gasteiger charge is 2.22. The molecule has 26 heavy (non-hydrogen) atoms. The van der Waals surface area contributed by atoms with E-state index < -0.39 is 21.5 Å². The summed E-state index contributed by atoms with van der Waals surface area (Å²) in [6, 6.07) is 6.90. The number of hydrogen-bond donors (Lipinski definition) is 1. The van der Waals surface area contributed by atoms with Crippen molar-refractivity contribution in [3.63, 3.8) is 0 Å². The van der Waals surface area contributed by atoms with Gasteiger partial charge in [0.05, 0.1) is 17.6 Å². The van der Waals surface area contributed by atoms with E-state index in [2.05, 4.69) is 10.3 Å². The first-order valence-electron chi connectivity index (χ1n) is 7.97. The van der Waals surface area contributed by atoms with Gasteiger partial charge in [0.1, 0.15) is 18.2 Å². The van der Waals surface area contributed by atoms with Gasteiger partial charge < -0.3 is 14.5 Å². The molecule has 1 N–H and O–H groups in total. The van der Waals surface area contributed by atoms with E-state index in [0.29, 0.717) is 16.3 Å². The molecule has 0 fully saturated rings. The number of aromatic nitrogens is 1. The van der Waals surface area contributed by atoms with Crippen molar-refractivity contribution in [1.29, 1.82) is 0 Å². The normalized spacial score (nSPS) is 11.7. The zero-order chi connectivity index (χ0) is 19.3. The molecule has 7 nitrogen and oxygen atoms in total. The molecule has 0 aliphatic carbocycles. The van der Waals surface area contributed by atoms with Crippen LogP contribution in [0.1, 0.15) is 25.3 Å². The summed E-state index contributed by atoms with van der Waals surface area (Å²) in [4.78, 5) is 16.0. The monoisotopic (exact) mass is 400 g/mol. The minimum absolute atomic E-state index is 0.0338. The molecule has 1 heterocycles. The number of benzene rings is 1. The van der Waals surface area contributed by atoms with Crippen LogP contribution in [-0.4, -0.2) is 37.9 Å². The predicted molar refractivity (Wildman–Crippen MR) is 98.4 cm³/mol. The molecule has 0 radical (unpaired) electrons. The second-order valence-corrected chi connectivity index (χ2v) is 8.53. The van der Waals surface area contributed by atoms with Crippen LogP contribution in [0.25, 0.3) is 11.5 Å². The molecule has 9 heteroatoms.